The molecule has 2 N–H and O–H groups in total. The minimum absolute atomic E-state index is 0.166. The average molecular weight is 391 g/mol. The van der Waals surface area contributed by atoms with Crippen LogP contribution in [0, 0.1) is 6.92 Å². The fourth-order valence-electron chi connectivity index (χ4n) is 2.94. The summed E-state index contributed by atoms with van der Waals surface area (Å²) in [4.78, 5) is 16.9. The zero-order chi connectivity index (χ0) is 20.6. The van der Waals surface area contributed by atoms with Gasteiger partial charge in [-0.15, -0.1) is 0 Å². The quantitative estimate of drug-likeness (QED) is 0.608. The van der Waals surface area contributed by atoms with Crippen LogP contribution in [0.3, 0.4) is 0 Å². The average Bonchev–Trinajstić information content (AvgIpc) is 2.76. The molecule has 1 aromatic heterocycles. The first-order valence-electron chi connectivity index (χ1n) is 9.34. The lowest BCUT2D eigenvalue weighted by Crippen LogP contribution is -2.23. The molecule has 0 fully saturated rings. The molecule has 0 unspecified atom stereocenters. The summed E-state index contributed by atoms with van der Waals surface area (Å²) in [6.45, 7) is 3.10. The monoisotopic (exact) mass is 391 g/mol. The van der Waals surface area contributed by atoms with E-state index in [1.165, 1.54) is 11.1 Å². The largest absolute Gasteiger partial charge is 0.493 e. The van der Waals surface area contributed by atoms with Crippen LogP contribution in [-0.4, -0.2) is 25.1 Å². The van der Waals surface area contributed by atoms with Crippen molar-refractivity contribution in [3.05, 3.63) is 83.0 Å². The number of aromatic nitrogens is 1. The minimum Gasteiger partial charge on any atom is -0.493 e. The highest BCUT2D eigenvalue weighted by molar-refractivity contribution is 5.94. The lowest BCUT2D eigenvalue weighted by molar-refractivity contribution is 0.0951. The molecule has 3 aromatic rings. The van der Waals surface area contributed by atoms with Crippen LogP contribution < -0.4 is 20.1 Å². The van der Waals surface area contributed by atoms with Crippen LogP contribution in [0.2, 0.25) is 0 Å². The molecule has 1 heterocycles. The molecule has 0 saturated heterocycles. The molecular weight excluding hydrogens is 366 g/mol. The smallest absolute Gasteiger partial charge is 0.251 e. The molecule has 6 heteroatoms. The van der Waals surface area contributed by atoms with Gasteiger partial charge in [-0.3, -0.25) is 4.79 Å². The van der Waals surface area contributed by atoms with E-state index in [-0.39, 0.29) is 5.91 Å². The Morgan fingerprint density at radius 2 is 1.76 bits per heavy atom. The Morgan fingerprint density at radius 3 is 2.52 bits per heavy atom. The lowest BCUT2D eigenvalue weighted by Gasteiger charge is -2.11. The van der Waals surface area contributed by atoms with Gasteiger partial charge in [0.25, 0.3) is 5.91 Å². The first kappa shape index (κ1) is 20.2. The van der Waals surface area contributed by atoms with E-state index in [9.17, 15) is 4.79 Å². The van der Waals surface area contributed by atoms with Gasteiger partial charge in [-0.1, -0.05) is 30.3 Å². The number of carbonyl (C=O) groups excluding carboxylic acids is 1. The Labute approximate surface area is 170 Å². The number of methoxy groups -OCH3 is 2. The van der Waals surface area contributed by atoms with Gasteiger partial charge in [-0.25, -0.2) is 4.98 Å². The third kappa shape index (κ3) is 5.25. The number of rotatable bonds is 8. The summed E-state index contributed by atoms with van der Waals surface area (Å²) in [6, 6.07) is 17.2. The van der Waals surface area contributed by atoms with Crippen molar-refractivity contribution in [2.24, 2.45) is 0 Å². The third-order valence-electron chi connectivity index (χ3n) is 4.64. The van der Waals surface area contributed by atoms with E-state index < -0.39 is 0 Å². The van der Waals surface area contributed by atoms with Gasteiger partial charge in [0.2, 0.25) is 0 Å². The Kier molecular flexibility index (Phi) is 6.68. The highest BCUT2D eigenvalue weighted by atomic mass is 16.5. The van der Waals surface area contributed by atoms with Crippen LogP contribution in [0.15, 0.2) is 60.8 Å². The summed E-state index contributed by atoms with van der Waals surface area (Å²) in [5.74, 6) is 1.78. The SMILES string of the molecule is COc1ccc(CNC(=O)c2ccnc(NCc3ccccc3C)c2)cc1OC. The van der Waals surface area contributed by atoms with Crippen molar-refractivity contribution >= 4 is 11.7 Å². The van der Waals surface area contributed by atoms with Gasteiger partial charge in [0.1, 0.15) is 5.82 Å². The first-order chi connectivity index (χ1) is 14.1. The molecule has 2 aromatic carbocycles. The van der Waals surface area contributed by atoms with E-state index in [0.29, 0.717) is 36.0 Å². The van der Waals surface area contributed by atoms with Gasteiger partial charge in [0, 0.05) is 24.8 Å². The topological polar surface area (TPSA) is 72.5 Å². The van der Waals surface area contributed by atoms with Crippen molar-refractivity contribution < 1.29 is 14.3 Å². The molecule has 6 nitrogen and oxygen atoms in total. The predicted molar refractivity (Wildman–Crippen MR) is 113 cm³/mol. The summed E-state index contributed by atoms with van der Waals surface area (Å²) in [5, 5.41) is 6.20. The van der Waals surface area contributed by atoms with Gasteiger partial charge < -0.3 is 20.1 Å². The number of ether oxygens (including phenoxy) is 2. The van der Waals surface area contributed by atoms with Crippen LogP contribution in [0.25, 0.3) is 0 Å². The number of benzene rings is 2. The molecule has 1 amide bonds. The number of nitrogens with one attached hydrogen (secondary N) is 2. The summed E-state index contributed by atoms with van der Waals surface area (Å²) >= 11 is 0. The second-order valence-electron chi connectivity index (χ2n) is 6.58. The molecule has 0 aliphatic carbocycles. The molecule has 29 heavy (non-hydrogen) atoms. The van der Waals surface area contributed by atoms with Crippen LogP contribution in [0.5, 0.6) is 11.5 Å². The van der Waals surface area contributed by atoms with Gasteiger partial charge in [-0.05, 0) is 47.9 Å². The Bertz CT molecular complexity index is 989. The molecule has 0 spiro atoms. The molecule has 0 saturated carbocycles. The summed E-state index contributed by atoms with van der Waals surface area (Å²) in [5.41, 5.74) is 3.87. The summed E-state index contributed by atoms with van der Waals surface area (Å²) in [6.07, 6.45) is 1.63. The van der Waals surface area contributed by atoms with Crippen LogP contribution in [0.4, 0.5) is 5.82 Å². The Hall–Kier alpha value is -3.54. The number of anilines is 1. The maximum Gasteiger partial charge on any atom is 0.251 e. The molecule has 3 rings (SSSR count). The van der Waals surface area contributed by atoms with Crippen molar-refractivity contribution in [2.75, 3.05) is 19.5 Å². The number of pyridine rings is 1. The van der Waals surface area contributed by atoms with Gasteiger partial charge in [0.05, 0.1) is 14.2 Å². The predicted octanol–water partition coefficient (Wildman–Crippen LogP) is 3.95. The van der Waals surface area contributed by atoms with Gasteiger partial charge >= 0.3 is 0 Å². The normalized spacial score (nSPS) is 10.3. The summed E-state index contributed by atoms with van der Waals surface area (Å²) in [7, 11) is 3.18. The molecule has 0 radical (unpaired) electrons. The molecule has 0 bridgehead atoms. The van der Waals surface area contributed by atoms with Crippen LogP contribution >= 0.6 is 0 Å². The Balaban J connectivity index is 1.61. The lowest BCUT2D eigenvalue weighted by atomic mass is 10.1. The zero-order valence-electron chi connectivity index (χ0n) is 16.9. The highest BCUT2D eigenvalue weighted by Crippen LogP contribution is 2.27. The maximum absolute atomic E-state index is 12.6. The number of hydrogen-bond donors (Lipinski definition) is 2. The van der Waals surface area contributed by atoms with Crippen molar-refractivity contribution in [1.82, 2.24) is 10.3 Å². The van der Waals surface area contributed by atoms with Crippen molar-refractivity contribution in [3.63, 3.8) is 0 Å². The second kappa shape index (κ2) is 9.59. The van der Waals surface area contributed by atoms with Crippen molar-refractivity contribution in [1.29, 1.82) is 0 Å². The molecule has 150 valence electrons. The van der Waals surface area contributed by atoms with E-state index in [2.05, 4.69) is 34.7 Å². The van der Waals surface area contributed by atoms with E-state index in [1.807, 2.05) is 30.3 Å². The van der Waals surface area contributed by atoms with E-state index >= 15 is 0 Å². The number of nitrogens with zero attached hydrogens (tertiary/aromatic N) is 1. The Morgan fingerprint density at radius 1 is 0.966 bits per heavy atom. The van der Waals surface area contributed by atoms with Crippen molar-refractivity contribution in [2.45, 2.75) is 20.0 Å². The fraction of sp³-hybridized carbons (Fsp3) is 0.217. The maximum atomic E-state index is 12.6. The summed E-state index contributed by atoms with van der Waals surface area (Å²) < 4.78 is 10.5. The number of hydrogen-bond acceptors (Lipinski definition) is 5. The fourth-order valence-corrected chi connectivity index (χ4v) is 2.94. The van der Waals surface area contributed by atoms with E-state index in [4.69, 9.17) is 9.47 Å². The molecule has 0 aliphatic rings. The van der Waals surface area contributed by atoms with Crippen molar-refractivity contribution in [3.8, 4) is 11.5 Å². The van der Waals surface area contributed by atoms with Gasteiger partial charge in [-0.2, -0.15) is 0 Å². The number of carbonyl (C=O) groups is 1. The number of amides is 1. The highest BCUT2D eigenvalue weighted by Gasteiger charge is 2.09. The minimum atomic E-state index is -0.166. The van der Waals surface area contributed by atoms with Crippen LogP contribution in [0.1, 0.15) is 27.0 Å². The second-order valence-corrected chi connectivity index (χ2v) is 6.58. The molecule has 0 atom stereocenters. The van der Waals surface area contributed by atoms with Gasteiger partial charge in [0.15, 0.2) is 11.5 Å². The van der Waals surface area contributed by atoms with Crippen LogP contribution in [-0.2, 0) is 13.1 Å². The standard InChI is InChI=1S/C23H25N3O3/c1-16-6-4-5-7-19(16)15-25-22-13-18(10-11-24-22)23(27)26-14-17-8-9-20(28-2)21(12-17)29-3/h4-13H,14-15H2,1-3H3,(H,24,25)(H,26,27). The molecular formula is C23H25N3O3. The zero-order valence-corrected chi connectivity index (χ0v) is 16.9. The first-order valence-corrected chi connectivity index (χ1v) is 9.34. The number of aryl methyl sites for hydroxylation is 1. The molecule has 0 aliphatic heterocycles. The van der Waals surface area contributed by atoms with E-state index in [1.54, 1.807) is 32.5 Å². The third-order valence-corrected chi connectivity index (χ3v) is 4.64. The van der Waals surface area contributed by atoms with E-state index in [0.717, 1.165) is 5.56 Å².